The molecule has 3 rings (SSSR count). The lowest BCUT2D eigenvalue weighted by molar-refractivity contribution is -0.143. The van der Waals surface area contributed by atoms with E-state index in [1.54, 1.807) is 6.07 Å². The number of ketones is 1. The molecule has 0 bridgehead atoms. The predicted octanol–water partition coefficient (Wildman–Crippen LogP) is 2.31. The molecule has 1 aromatic rings. The maximum Gasteiger partial charge on any atom is 0.308 e. The first-order valence-electron chi connectivity index (χ1n) is 8.54. The van der Waals surface area contributed by atoms with Gasteiger partial charge < -0.3 is 18.9 Å². The molecular formula is C21H16O8. The lowest BCUT2D eigenvalue weighted by atomic mass is 10.0. The molecule has 0 fully saturated rings. The summed E-state index contributed by atoms with van der Waals surface area (Å²) in [7, 11) is 0. The van der Waals surface area contributed by atoms with E-state index in [4.69, 9.17) is 18.9 Å². The molecule has 1 atom stereocenters. The third-order valence-corrected chi connectivity index (χ3v) is 3.70. The van der Waals surface area contributed by atoms with Crippen molar-refractivity contribution in [3.8, 4) is 11.5 Å². The van der Waals surface area contributed by atoms with Crippen molar-refractivity contribution < 1.29 is 38.1 Å². The summed E-state index contributed by atoms with van der Waals surface area (Å²) in [5.41, 5.74) is 0.761. The van der Waals surface area contributed by atoms with Crippen molar-refractivity contribution >= 4 is 29.8 Å². The summed E-state index contributed by atoms with van der Waals surface area (Å²) in [4.78, 5) is 46.1. The van der Waals surface area contributed by atoms with Gasteiger partial charge in [-0.2, -0.15) is 0 Å². The highest BCUT2D eigenvalue weighted by Crippen LogP contribution is 2.35. The van der Waals surface area contributed by atoms with Crippen molar-refractivity contribution in [2.24, 2.45) is 0 Å². The van der Waals surface area contributed by atoms with Gasteiger partial charge in [-0.1, -0.05) is 6.07 Å². The Balaban J connectivity index is 1.83. The highest BCUT2D eigenvalue weighted by Gasteiger charge is 2.34. The Morgan fingerprint density at radius 1 is 1.03 bits per heavy atom. The molecule has 8 heteroatoms. The number of Topliss-reactive ketones (excluding diaryl/α,β-unsaturated/α-hetero) is 1. The summed E-state index contributed by atoms with van der Waals surface area (Å²) in [6.45, 7) is 3.70. The Kier molecular flexibility index (Phi) is 5.63. The first kappa shape index (κ1) is 20.1. The SMILES string of the molecule is CC(=O)Oc1ccc(C=C2OC3=C(C=CC(OC(C)=O)[C]3)C2=O)cc1OC(C)=O. The lowest BCUT2D eigenvalue weighted by Crippen LogP contribution is -2.18. The number of ether oxygens (including phenoxy) is 4. The molecular weight excluding hydrogens is 380 g/mol. The van der Waals surface area contributed by atoms with E-state index in [1.807, 2.05) is 0 Å². The van der Waals surface area contributed by atoms with Gasteiger partial charge in [0.1, 0.15) is 18.3 Å². The van der Waals surface area contributed by atoms with Crippen molar-refractivity contribution in [2.45, 2.75) is 26.9 Å². The van der Waals surface area contributed by atoms with E-state index in [0.29, 0.717) is 5.56 Å². The molecule has 1 aromatic carbocycles. The highest BCUT2D eigenvalue weighted by atomic mass is 16.6. The Morgan fingerprint density at radius 2 is 1.72 bits per heavy atom. The second-order valence-corrected chi connectivity index (χ2v) is 6.11. The molecule has 0 N–H and O–H groups in total. The van der Waals surface area contributed by atoms with Gasteiger partial charge in [0.25, 0.3) is 0 Å². The number of allylic oxidation sites excluding steroid dienone is 2. The first-order valence-corrected chi connectivity index (χ1v) is 8.54. The Bertz CT molecular complexity index is 996. The monoisotopic (exact) mass is 396 g/mol. The molecule has 1 unspecified atom stereocenters. The second kappa shape index (κ2) is 8.14. The van der Waals surface area contributed by atoms with Crippen molar-refractivity contribution in [3.05, 3.63) is 59.4 Å². The zero-order valence-electron chi connectivity index (χ0n) is 15.8. The van der Waals surface area contributed by atoms with E-state index in [1.165, 1.54) is 51.1 Å². The molecule has 1 heterocycles. The zero-order valence-corrected chi connectivity index (χ0v) is 15.8. The van der Waals surface area contributed by atoms with Crippen LogP contribution in [0.3, 0.4) is 0 Å². The predicted molar refractivity (Wildman–Crippen MR) is 98.1 cm³/mol. The molecule has 0 amide bonds. The van der Waals surface area contributed by atoms with Crippen LogP contribution in [0.15, 0.2) is 47.4 Å². The fraction of sp³-hybridized carbons (Fsp3) is 0.190. The van der Waals surface area contributed by atoms with Gasteiger partial charge in [-0.25, -0.2) is 0 Å². The zero-order chi connectivity index (χ0) is 21.1. The smallest absolute Gasteiger partial charge is 0.308 e. The van der Waals surface area contributed by atoms with Crippen LogP contribution in [0.2, 0.25) is 0 Å². The van der Waals surface area contributed by atoms with Crippen LogP contribution < -0.4 is 9.47 Å². The maximum absolute atomic E-state index is 12.5. The minimum atomic E-state index is -0.739. The highest BCUT2D eigenvalue weighted by molar-refractivity contribution is 6.14. The van der Waals surface area contributed by atoms with Gasteiger partial charge in [-0.05, 0) is 35.9 Å². The second-order valence-electron chi connectivity index (χ2n) is 6.11. The van der Waals surface area contributed by atoms with Gasteiger partial charge in [-0.3, -0.25) is 19.2 Å². The summed E-state index contributed by atoms with van der Waals surface area (Å²) < 4.78 is 20.6. The summed E-state index contributed by atoms with van der Waals surface area (Å²) >= 11 is 0. The van der Waals surface area contributed by atoms with E-state index in [-0.39, 0.29) is 34.4 Å². The van der Waals surface area contributed by atoms with Crippen LogP contribution in [0.4, 0.5) is 0 Å². The van der Waals surface area contributed by atoms with Crippen LogP contribution in [0.5, 0.6) is 11.5 Å². The summed E-state index contributed by atoms with van der Waals surface area (Å²) in [5, 5.41) is 0. The number of carbonyl (C=O) groups is 4. The molecule has 148 valence electrons. The number of carbonyl (C=O) groups excluding carboxylic acids is 4. The minimum absolute atomic E-state index is 0.0182. The number of rotatable bonds is 4. The first-order chi connectivity index (χ1) is 13.7. The van der Waals surface area contributed by atoms with Gasteiger partial charge in [-0.15, -0.1) is 0 Å². The van der Waals surface area contributed by atoms with Crippen LogP contribution in [0.1, 0.15) is 26.3 Å². The quantitative estimate of drug-likeness (QED) is 0.434. The molecule has 2 aliphatic rings. The van der Waals surface area contributed by atoms with Crippen molar-refractivity contribution in [1.29, 1.82) is 0 Å². The Morgan fingerprint density at radius 3 is 2.38 bits per heavy atom. The topological polar surface area (TPSA) is 105 Å². The summed E-state index contributed by atoms with van der Waals surface area (Å²) in [6, 6.07) is 4.44. The van der Waals surface area contributed by atoms with Gasteiger partial charge in [0.15, 0.2) is 17.3 Å². The fourth-order valence-electron chi connectivity index (χ4n) is 2.65. The van der Waals surface area contributed by atoms with Gasteiger partial charge in [0.05, 0.1) is 5.57 Å². The van der Waals surface area contributed by atoms with Crippen LogP contribution in [0, 0.1) is 6.42 Å². The van der Waals surface area contributed by atoms with Crippen LogP contribution in [-0.4, -0.2) is 29.8 Å². The molecule has 0 saturated heterocycles. The van der Waals surface area contributed by atoms with Crippen molar-refractivity contribution in [1.82, 2.24) is 0 Å². The maximum atomic E-state index is 12.5. The molecule has 0 saturated carbocycles. The molecule has 1 aliphatic carbocycles. The van der Waals surface area contributed by atoms with E-state index >= 15 is 0 Å². The van der Waals surface area contributed by atoms with E-state index in [0.717, 1.165) is 0 Å². The van der Waals surface area contributed by atoms with Gasteiger partial charge in [0, 0.05) is 20.8 Å². The molecule has 29 heavy (non-hydrogen) atoms. The van der Waals surface area contributed by atoms with E-state index < -0.39 is 24.0 Å². The third-order valence-electron chi connectivity index (χ3n) is 3.70. The molecule has 0 aromatic heterocycles. The lowest BCUT2D eigenvalue weighted by Gasteiger charge is -2.15. The number of hydrogen-bond acceptors (Lipinski definition) is 8. The Labute approximate surface area is 166 Å². The normalized spacial score (nSPS) is 18.9. The fourth-order valence-corrected chi connectivity index (χ4v) is 2.65. The van der Waals surface area contributed by atoms with Gasteiger partial charge >= 0.3 is 17.9 Å². The number of benzene rings is 1. The van der Waals surface area contributed by atoms with E-state index in [9.17, 15) is 19.2 Å². The minimum Gasteiger partial charge on any atom is -0.457 e. The number of esters is 3. The average molecular weight is 396 g/mol. The number of hydrogen-bond donors (Lipinski definition) is 0. The van der Waals surface area contributed by atoms with Crippen LogP contribution in [0.25, 0.3) is 6.08 Å². The van der Waals surface area contributed by atoms with Crippen LogP contribution >= 0.6 is 0 Å². The van der Waals surface area contributed by atoms with E-state index in [2.05, 4.69) is 6.42 Å². The van der Waals surface area contributed by atoms with Crippen LogP contribution in [-0.2, 0) is 28.7 Å². The average Bonchev–Trinajstić information content (AvgIpc) is 2.91. The molecule has 8 nitrogen and oxygen atoms in total. The summed E-state index contributed by atoms with van der Waals surface area (Å²) in [5.74, 6) is -1.74. The molecule has 0 spiro atoms. The van der Waals surface area contributed by atoms with Gasteiger partial charge in [0.2, 0.25) is 5.78 Å². The standard InChI is InChI=1S/C21H16O8/c1-11(22)26-15-5-6-16-18(10-15)29-20(21(16)25)9-14-4-7-17(27-12(2)23)19(8-14)28-13(3)24/h4-9,15H,1-3H3. The molecule has 2 radical (unpaired) electrons. The summed E-state index contributed by atoms with van der Waals surface area (Å²) in [6.07, 6.45) is 6.54. The Hall–Kier alpha value is -3.68. The van der Waals surface area contributed by atoms with Crippen molar-refractivity contribution in [3.63, 3.8) is 0 Å². The largest absolute Gasteiger partial charge is 0.457 e. The third kappa shape index (κ3) is 4.78. The van der Waals surface area contributed by atoms with Crippen molar-refractivity contribution in [2.75, 3.05) is 0 Å². The molecule has 1 aliphatic heterocycles.